The molecule has 172 valence electrons. The Morgan fingerprint density at radius 3 is 2.27 bits per heavy atom. The van der Waals surface area contributed by atoms with Crippen molar-refractivity contribution in [1.29, 1.82) is 0 Å². The molecule has 1 aromatic heterocycles. The Bertz CT molecular complexity index is 1050. The lowest BCUT2D eigenvalue weighted by molar-refractivity contribution is -0.142. The number of aliphatic carboxylic acids is 1. The summed E-state index contributed by atoms with van der Waals surface area (Å²) in [7, 11) is 0. The van der Waals surface area contributed by atoms with Crippen molar-refractivity contribution in [2.45, 2.75) is 38.1 Å². The minimum absolute atomic E-state index is 0.193. The number of carboxylic acids is 1. The standard InChI is InChI=1S/C26H30N4O2S/c31-26(32)22-8-6-20(7-9-22)24-27-28-25(33-24)21-10-12-23(13-11-21)30-16-14-29(15-17-30)18-19-4-2-1-3-5-19/h1-5,10-13,20,22H,6-9,14-18H2,(H,31,32)/t20-,22-. The first-order valence-electron chi connectivity index (χ1n) is 11.8. The van der Waals surface area contributed by atoms with E-state index in [2.05, 4.69) is 74.6 Å². The van der Waals surface area contributed by atoms with Crippen molar-refractivity contribution < 1.29 is 9.90 Å². The van der Waals surface area contributed by atoms with E-state index >= 15 is 0 Å². The Labute approximate surface area is 198 Å². The van der Waals surface area contributed by atoms with E-state index in [1.54, 1.807) is 11.3 Å². The maximum Gasteiger partial charge on any atom is 0.306 e. The van der Waals surface area contributed by atoms with Crippen LogP contribution in [-0.4, -0.2) is 52.4 Å². The summed E-state index contributed by atoms with van der Waals surface area (Å²) in [5, 5.41) is 20.1. The van der Waals surface area contributed by atoms with Crippen LogP contribution < -0.4 is 4.90 Å². The van der Waals surface area contributed by atoms with Gasteiger partial charge in [0.1, 0.15) is 10.0 Å². The van der Waals surface area contributed by atoms with Crippen molar-refractivity contribution in [3.05, 3.63) is 65.2 Å². The first-order valence-corrected chi connectivity index (χ1v) is 12.7. The second kappa shape index (κ2) is 10.0. The van der Waals surface area contributed by atoms with E-state index in [0.29, 0.717) is 5.92 Å². The average molecular weight is 463 g/mol. The molecule has 1 saturated heterocycles. The highest BCUT2D eigenvalue weighted by molar-refractivity contribution is 7.14. The van der Waals surface area contributed by atoms with Gasteiger partial charge < -0.3 is 10.0 Å². The maximum absolute atomic E-state index is 11.2. The molecule has 5 rings (SSSR count). The fourth-order valence-corrected chi connectivity index (χ4v) is 5.94. The van der Waals surface area contributed by atoms with Gasteiger partial charge in [-0.2, -0.15) is 0 Å². The monoisotopic (exact) mass is 462 g/mol. The molecule has 0 atom stereocenters. The van der Waals surface area contributed by atoms with E-state index in [1.807, 2.05) is 0 Å². The van der Waals surface area contributed by atoms with Gasteiger partial charge in [-0.25, -0.2) is 0 Å². The first-order chi connectivity index (χ1) is 16.2. The van der Waals surface area contributed by atoms with Crippen LogP contribution in [0.15, 0.2) is 54.6 Å². The average Bonchev–Trinajstić information content (AvgIpc) is 3.36. The molecule has 3 aromatic rings. The summed E-state index contributed by atoms with van der Waals surface area (Å²) in [6.45, 7) is 5.23. The summed E-state index contributed by atoms with van der Waals surface area (Å²) in [4.78, 5) is 16.2. The Balaban J connectivity index is 1.16. The number of aromatic nitrogens is 2. The minimum Gasteiger partial charge on any atom is -0.481 e. The highest BCUT2D eigenvalue weighted by Crippen LogP contribution is 2.38. The number of carbonyl (C=O) groups is 1. The van der Waals surface area contributed by atoms with Gasteiger partial charge in [-0.15, -0.1) is 10.2 Å². The zero-order chi connectivity index (χ0) is 22.6. The molecule has 2 fully saturated rings. The van der Waals surface area contributed by atoms with Crippen LogP contribution in [0.4, 0.5) is 5.69 Å². The topological polar surface area (TPSA) is 69.6 Å². The summed E-state index contributed by atoms with van der Waals surface area (Å²) in [5.41, 5.74) is 3.74. The van der Waals surface area contributed by atoms with E-state index < -0.39 is 5.97 Å². The molecular weight excluding hydrogens is 432 g/mol. The summed E-state index contributed by atoms with van der Waals surface area (Å²) in [5.74, 6) is -0.510. The lowest BCUT2D eigenvalue weighted by Gasteiger charge is -2.36. The van der Waals surface area contributed by atoms with Gasteiger partial charge in [-0.1, -0.05) is 41.7 Å². The predicted octanol–water partition coefficient (Wildman–Crippen LogP) is 4.89. The molecule has 2 heterocycles. The van der Waals surface area contributed by atoms with Crippen LogP contribution in [0.25, 0.3) is 10.6 Å². The molecular formula is C26H30N4O2S. The number of nitrogens with zero attached hydrogens (tertiary/aromatic N) is 4. The quantitative estimate of drug-likeness (QED) is 0.563. The van der Waals surface area contributed by atoms with Gasteiger partial charge >= 0.3 is 5.97 Å². The number of anilines is 1. The number of piperazine rings is 1. The largest absolute Gasteiger partial charge is 0.481 e. The molecule has 0 spiro atoms. The van der Waals surface area contributed by atoms with Crippen molar-refractivity contribution in [1.82, 2.24) is 15.1 Å². The number of rotatable bonds is 6. The third-order valence-corrected chi connectivity index (χ3v) is 8.10. The van der Waals surface area contributed by atoms with E-state index in [0.717, 1.165) is 74.0 Å². The van der Waals surface area contributed by atoms with Gasteiger partial charge in [0, 0.05) is 49.9 Å². The molecule has 1 aliphatic carbocycles. The van der Waals surface area contributed by atoms with E-state index in [9.17, 15) is 9.90 Å². The van der Waals surface area contributed by atoms with Crippen LogP contribution in [0.5, 0.6) is 0 Å². The summed E-state index contributed by atoms with van der Waals surface area (Å²) >= 11 is 1.65. The molecule has 2 aliphatic rings. The van der Waals surface area contributed by atoms with E-state index in [4.69, 9.17) is 0 Å². The number of hydrogen-bond donors (Lipinski definition) is 1. The molecule has 33 heavy (non-hydrogen) atoms. The van der Waals surface area contributed by atoms with Crippen LogP contribution >= 0.6 is 11.3 Å². The Hall–Kier alpha value is -2.77. The fourth-order valence-electron chi connectivity index (χ4n) is 4.92. The number of hydrogen-bond acceptors (Lipinski definition) is 6. The molecule has 0 bridgehead atoms. The van der Waals surface area contributed by atoms with Gasteiger partial charge in [0.15, 0.2) is 0 Å². The summed E-state index contributed by atoms with van der Waals surface area (Å²) < 4.78 is 0. The van der Waals surface area contributed by atoms with E-state index in [-0.39, 0.29) is 5.92 Å². The summed E-state index contributed by atoms with van der Waals surface area (Å²) in [6.07, 6.45) is 3.26. The predicted molar refractivity (Wildman–Crippen MR) is 132 cm³/mol. The smallest absolute Gasteiger partial charge is 0.306 e. The van der Waals surface area contributed by atoms with Crippen molar-refractivity contribution >= 4 is 23.0 Å². The number of benzene rings is 2. The van der Waals surface area contributed by atoms with Crippen molar-refractivity contribution in [2.75, 3.05) is 31.1 Å². The molecule has 1 saturated carbocycles. The molecule has 1 aliphatic heterocycles. The SMILES string of the molecule is O=C(O)[C@H]1CC[C@H](c2nnc(-c3ccc(N4CCN(Cc5ccccc5)CC4)cc3)s2)CC1. The molecule has 6 nitrogen and oxygen atoms in total. The normalized spacial score (nSPS) is 21.8. The van der Waals surface area contributed by atoms with Gasteiger partial charge in [-0.05, 0) is 55.5 Å². The second-order valence-corrected chi connectivity index (χ2v) is 10.1. The van der Waals surface area contributed by atoms with Crippen molar-refractivity contribution in [2.24, 2.45) is 5.92 Å². The zero-order valence-corrected chi connectivity index (χ0v) is 19.6. The second-order valence-electron chi connectivity index (χ2n) is 9.13. The summed E-state index contributed by atoms with van der Waals surface area (Å²) in [6, 6.07) is 19.4. The van der Waals surface area contributed by atoms with Gasteiger partial charge in [0.2, 0.25) is 0 Å². The highest BCUT2D eigenvalue weighted by atomic mass is 32.1. The van der Waals surface area contributed by atoms with Crippen molar-refractivity contribution in [3.8, 4) is 10.6 Å². The maximum atomic E-state index is 11.2. The fraction of sp³-hybridized carbons (Fsp3) is 0.423. The Kier molecular flexibility index (Phi) is 6.69. The molecule has 1 N–H and O–H groups in total. The molecule has 7 heteroatoms. The van der Waals surface area contributed by atoms with Gasteiger partial charge in [0.25, 0.3) is 0 Å². The third-order valence-electron chi connectivity index (χ3n) is 6.97. The van der Waals surface area contributed by atoms with Crippen LogP contribution in [0.1, 0.15) is 42.2 Å². The van der Waals surface area contributed by atoms with Crippen LogP contribution in [0, 0.1) is 5.92 Å². The lowest BCUT2D eigenvalue weighted by Crippen LogP contribution is -2.45. The van der Waals surface area contributed by atoms with Crippen molar-refractivity contribution in [3.63, 3.8) is 0 Å². The Morgan fingerprint density at radius 1 is 0.909 bits per heavy atom. The van der Waals surface area contributed by atoms with E-state index in [1.165, 1.54) is 11.3 Å². The molecule has 0 radical (unpaired) electrons. The van der Waals surface area contributed by atoms with Crippen LogP contribution in [0.3, 0.4) is 0 Å². The third kappa shape index (κ3) is 5.25. The Morgan fingerprint density at radius 2 is 1.61 bits per heavy atom. The molecule has 0 unspecified atom stereocenters. The minimum atomic E-state index is -0.663. The van der Waals surface area contributed by atoms with Gasteiger partial charge in [-0.3, -0.25) is 9.69 Å². The highest BCUT2D eigenvalue weighted by Gasteiger charge is 2.28. The number of carboxylic acid groups (broad SMARTS) is 1. The first kappa shape index (κ1) is 22.0. The zero-order valence-electron chi connectivity index (χ0n) is 18.8. The molecule has 0 amide bonds. The molecule has 2 aromatic carbocycles. The van der Waals surface area contributed by atoms with Gasteiger partial charge in [0.05, 0.1) is 5.92 Å². The van der Waals surface area contributed by atoms with Crippen LogP contribution in [0.2, 0.25) is 0 Å². The lowest BCUT2D eigenvalue weighted by atomic mass is 9.82. The van der Waals surface area contributed by atoms with Crippen LogP contribution in [-0.2, 0) is 11.3 Å².